The molecule has 0 radical (unpaired) electrons. The first-order chi connectivity index (χ1) is 18.2. The molecular weight excluding hydrogens is 481 g/mol. The molecule has 1 aromatic heterocycles. The van der Waals surface area contributed by atoms with Crippen LogP contribution < -0.4 is 15.1 Å². The predicted octanol–water partition coefficient (Wildman–Crippen LogP) is 4.44. The molecule has 7 rings (SSSR count). The number of halogens is 1. The van der Waals surface area contributed by atoms with Crippen molar-refractivity contribution in [2.24, 2.45) is 5.92 Å². The number of nitrogens with one attached hydrogen (secondary N) is 1. The lowest BCUT2D eigenvalue weighted by Gasteiger charge is -2.45. The molecule has 7 nitrogen and oxygen atoms in total. The van der Waals surface area contributed by atoms with E-state index in [-0.39, 0.29) is 17.2 Å². The number of benzene rings is 3. The Balaban J connectivity index is 1.39. The third-order valence-corrected chi connectivity index (χ3v) is 8.59. The molecule has 0 saturated carbocycles. The molecule has 3 N–H and O–H groups in total. The van der Waals surface area contributed by atoms with E-state index in [1.165, 1.54) is 0 Å². The van der Waals surface area contributed by atoms with Crippen LogP contribution in [0.25, 0.3) is 32.8 Å². The van der Waals surface area contributed by atoms with Gasteiger partial charge in [-0.15, -0.1) is 0 Å². The molecule has 8 heteroatoms. The van der Waals surface area contributed by atoms with Crippen molar-refractivity contribution in [1.29, 1.82) is 0 Å². The van der Waals surface area contributed by atoms with Gasteiger partial charge in [-0.1, -0.05) is 30.3 Å². The molecule has 3 aliphatic heterocycles. The first-order valence-electron chi connectivity index (χ1n) is 13.5. The molecular formula is C30H32FN5O2. The molecule has 4 heterocycles. The smallest absolute Gasteiger partial charge is 0.228 e. The minimum Gasteiger partial charge on any atom is -0.508 e. The maximum Gasteiger partial charge on any atom is 0.228 e. The van der Waals surface area contributed by atoms with E-state index in [4.69, 9.17) is 9.97 Å². The number of hydrogen-bond donors (Lipinski definition) is 3. The van der Waals surface area contributed by atoms with E-state index in [1.807, 2.05) is 49.1 Å². The monoisotopic (exact) mass is 513 g/mol. The van der Waals surface area contributed by atoms with Crippen LogP contribution >= 0.6 is 0 Å². The number of anilines is 2. The van der Waals surface area contributed by atoms with Gasteiger partial charge in [0.05, 0.1) is 5.60 Å². The minimum absolute atomic E-state index is 0.0943. The van der Waals surface area contributed by atoms with Crippen LogP contribution in [-0.2, 0) is 0 Å². The maximum absolute atomic E-state index is 16.5. The number of aliphatic hydroxyl groups is 1. The summed E-state index contributed by atoms with van der Waals surface area (Å²) in [5.41, 5.74) is 0.530. The zero-order chi connectivity index (χ0) is 26.2. The van der Waals surface area contributed by atoms with Gasteiger partial charge in [-0.3, -0.25) is 0 Å². The van der Waals surface area contributed by atoms with Crippen LogP contribution in [-0.4, -0.2) is 64.0 Å². The average molecular weight is 514 g/mol. The summed E-state index contributed by atoms with van der Waals surface area (Å²) in [6.45, 7) is 6.55. The maximum atomic E-state index is 16.5. The van der Waals surface area contributed by atoms with Gasteiger partial charge >= 0.3 is 0 Å². The number of fused-ring (bicyclic) bond motifs is 4. The summed E-state index contributed by atoms with van der Waals surface area (Å²) >= 11 is 0. The van der Waals surface area contributed by atoms with E-state index in [2.05, 4.69) is 10.2 Å². The summed E-state index contributed by atoms with van der Waals surface area (Å²) in [5, 5.41) is 26.9. The van der Waals surface area contributed by atoms with Crippen molar-refractivity contribution in [3.05, 3.63) is 54.3 Å². The summed E-state index contributed by atoms with van der Waals surface area (Å²) in [4.78, 5) is 14.1. The number of nitrogens with zero attached hydrogens (tertiary/aromatic N) is 4. The first-order valence-corrected chi connectivity index (χ1v) is 13.5. The third-order valence-electron chi connectivity index (χ3n) is 8.59. The lowest BCUT2D eigenvalue weighted by atomic mass is 9.85. The SMILES string of the molecule is CC(C)(O)C1CN(c2nc(N3C[C@H]4CC[C@@H](C3)N4)c3ccc(-c4cc(O)cc5ccccc45)c(F)c3n2)C1. The van der Waals surface area contributed by atoms with Crippen molar-refractivity contribution < 1.29 is 14.6 Å². The molecule has 0 unspecified atom stereocenters. The van der Waals surface area contributed by atoms with Crippen LogP contribution in [0.15, 0.2) is 48.5 Å². The van der Waals surface area contributed by atoms with Crippen molar-refractivity contribution in [2.75, 3.05) is 36.0 Å². The van der Waals surface area contributed by atoms with Crippen LogP contribution in [0.4, 0.5) is 16.2 Å². The molecule has 196 valence electrons. The molecule has 3 fully saturated rings. The van der Waals surface area contributed by atoms with Crippen molar-refractivity contribution in [3.63, 3.8) is 0 Å². The number of hydrogen-bond acceptors (Lipinski definition) is 7. The van der Waals surface area contributed by atoms with Crippen molar-refractivity contribution in [1.82, 2.24) is 15.3 Å². The summed E-state index contributed by atoms with van der Waals surface area (Å²) < 4.78 is 16.5. The molecule has 3 aliphatic rings. The second-order valence-electron chi connectivity index (χ2n) is 11.7. The Kier molecular flexibility index (Phi) is 5.29. The van der Waals surface area contributed by atoms with Gasteiger partial charge in [-0.25, -0.2) is 9.37 Å². The lowest BCUT2D eigenvalue weighted by molar-refractivity contribution is 0.00418. The van der Waals surface area contributed by atoms with E-state index in [9.17, 15) is 10.2 Å². The highest BCUT2D eigenvalue weighted by Gasteiger charge is 2.40. The summed E-state index contributed by atoms with van der Waals surface area (Å²) in [5.74, 6) is 1.05. The Labute approximate surface area is 220 Å². The largest absolute Gasteiger partial charge is 0.508 e. The van der Waals surface area contributed by atoms with E-state index in [0.717, 1.165) is 42.5 Å². The molecule has 3 saturated heterocycles. The van der Waals surface area contributed by atoms with Gasteiger partial charge < -0.3 is 25.3 Å². The van der Waals surface area contributed by atoms with Gasteiger partial charge in [-0.05, 0) is 61.2 Å². The summed E-state index contributed by atoms with van der Waals surface area (Å²) in [7, 11) is 0. The first kappa shape index (κ1) is 23.6. The standard InChI is InChI=1S/C30H32FN5O2/c1-30(2,38)18-13-36(14-18)29-33-27-24(28(34-29)35-15-19-7-8-20(16-35)32-19)10-9-23(26(27)31)25-12-21(37)11-17-5-3-4-6-22(17)25/h3-6,9-12,18-20,32,37-38H,7-8,13-16H2,1-2H3/t19-,20+. The highest BCUT2D eigenvalue weighted by atomic mass is 19.1. The number of aromatic nitrogens is 2. The Morgan fingerprint density at radius 3 is 2.37 bits per heavy atom. The van der Waals surface area contributed by atoms with Crippen LogP contribution in [0.3, 0.4) is 0 Å². The van der Waals surface area contributed by atoms with Gasteiger partial charge in [0, 0.05) is 55.1 Å². The number of aromatic hydroxyl groups is 1. The second kappa shape index (κ2) is 8.51. The van der Waals surface area contributed by atoms with Crippen LogP contribution in [0.1, 0.15) is 26.7 Å². The topological polar surface area (TPSA) is 84.8 Å². The zero-order valence-corrected chi connectivity index (χ0v) is 21.7. The fraction of sp³-hybridized carbons (Fsp3) is 0.400. The predicted molar refractivity (Wildman–Crippen MR) is 148 cm³/mol. The fourth-order valence-corrected chi connectivity index (χ4v) is 6.30. The second-order valence-corrected chi connectivity index (χ2v) is 11.7. The van der Waals surface area contributed by atoms with Gasteiger partial charge in [-0.2, -0.15) is 4.98 Å². The molecule has 2 bridgehead atoms. The molecule has 2 atom stereocenters. The Morgan fingerprint density at radius 2 is 1.63 bits per heavy atom. The zero-order valence-electron chi connectivity index (χ0n) is 21.7. The van der Waals surface area contributed by atoms with Crippen LogP contribution in [0.5, 0.6) is 5.75 Å². The quantitative estimate of drug-likeness (QED) is 0.372. The van der Waals surface area contributed by atoms with E-state index >= 15 is 4.39 Å². The Hall–Kier alpha value is -3.49. The summed E-state index contributed by atoms with van der Waals surface area (Å²) in [6, 6.07) is 15.5. The fourth-order valence-electron chi connectivity index (χ4n) is 6.30. The Bertz CT molecular complexity index is 1550. The number of phenols is 1. The molecule has 38 heavy (non-hydrogen) atoms. The molecule has 0 aliphatic carbocycles. The van der Waals surface area contributed by atoms with Gasteiger partial charge in [0.25, 0.3) is 0 Å². The molecule has 0 spiro atoms. The van der Waals surface area contributed by atoms with E-state index < -0.39 is 11.4 Å². The highest BCUT2D eigenvalue weighted by molar-refractivity contribution is 6.01. The number of rotatable bonds is 4. The van der Waals surface area contributed by atoms with E-state index in [0.29, 0.717) is 47.6 Å². The molecule has 3 aromatic carbocycles. The van der Waals surface area contributed by atoms with Gasteiger partial charge in [0.2, 0.25) is 5.95 Å². The number of piperazine rings is 1. The van der Waals surface area contributed by atoms with Crippen LogP contribution in [0.2, 0.25) is 0 Å². The average Bonchev–Trinajstić information content (AvgIpc) is 3.19. The third kappa shape index (κ3) is 3.85. The van der Waals surface area contributed by atoms with E-state index in [1.54, 1.807) is 18.2 Å². The normalized spacial score (nSPS) is 21.9. The number of phenolic OH excluding ortho intramolecular Hbond substituents is 1. The van der Waals surface area contributed by atoms with Gasteiger partial charge in [0.1, 0.15) is 17.1 Å². The van der Waals surface area contributed by atoms with Crippen molar-refractivity contribution in [3.8, 4) is 16.9 Å². The Morgan fingerprint density at radius 1 is 0.895 bits per heavy atom. The van der Waals surface area contributed by atoms with Crippen molar-refractivity contribution in [2.45, 2.75) is 44.4 Å². The van der Waals surface area contributed by atoms with Gasteiger partial charge in [0.15, 0.2) is 5.82 Å². The molecule has 4 aromatic rings. The molecule has 0 amide bonds. The van der Waals surface area contributed by atoms with Crippen LogP contribution in [0, 0.1) is 11.7 Å². The minimum atomic E-state index is -0.789. The lowest BCUT2D eigenvalue weighted by Crippen LogP contribution is -2.56. The highest BCUT2D eigenvalue weighted by Crippen LogP contribution is 2.40. The summed E-state index contributed by atoms with van der Waals surface area (Å²) in [6.07, 6.45) is 2.28. The van der Waals surface area contributed by atoms with Crippen molar-refractivity contribution >= 4 is 33.4 Å².